The van der Waals surface area contributed by atoms with Crippen LogP contribution in [0.15, 0.2) is 143 Å². The summed E-state index contributed by atoms with van der Waals surface area (Å²) in [5.74, 6) is -0.714. The molecule has 0 bridgehead atoms. The minimum absolute atomic E-state index is 0.0147. The van der Waals surface area contributed by atoms with Crippen LogP contribution in [0.4, 0.5) is 11.4 Å². The van der Waals surface area contributed by atoms with Crippen LogP contribution in [0.3, 0.4) is 0 Å². The number of nitrogens with one attached hydrogen (secondary N) is 3. The number of hydrogen-bond donors (Lipinski definition) is 3. The summed E-state index contributed by atoms with van der Waals surface area (Å²) in [6.45, 7) is 0. The van der Waals surface area contributed by atoms with Crippen LogP contribution in [0.1, 0.15) is 26.9 Å². The van der Waals surface area contributed by atoms with E-state index in [2.05, 4.69) is 38.5 Å². The number of amides is 3. The van der Waals surface area contributed by atoms with Crippen LogP contribution in [0.2, 0.25) is 0 Å². The second-order valence-electron chi connectivity index (χ2n) is 9.28. The molecule has 0 aliphatic rings. The van der Waals surface area contributed by atoms with Crippen LogP contribution in [-0.2, 0) is 9.59 Å². The van der Waals surface area contributed by atoms with Gasteiger partial charge in [0.15, 0.2) is 0 Å². The Morgan fingerprint density at radius 3 is 2.16 bits per heavy atom. The van der Waals surface area contributed by atoms with Gasteiger partial charge in [-0.1, -0.05) is 54.6 Å². The molecule has 214 valence electrons. The van der Waals surface area contributed by atoms with Crippen molar-refractivity contribution in [1.29, 1.82) is 0 Å². The number of carbonyl (C=O) groups is 3. The molecule has 7 nitrogen and oxygen atoms in total. The molecule has 1 unspecified atom stereocenters. The minimum Gasteiger partial charge on any atom is -0.465 e. The van der Waals surface area contributed by atoms with Gasteiger partial charge < -0.3 is 20.4 Å². The molecule has 0 fully saturated rings. The predicted molar refractivity (Wildman–Crippen MR) is 178 cm³/mol. The Morgan fingerprint density at radius 2 is 1.47 bits per heavy atom. The number of rotatable bonds is 10. The summed E-state index contributed by atoms with van der Waals surface area (Å²) in [4.78, 5) is 40.5. The van der Waals surface area contributed by atoms with Crippen molar-refractivity contribution < 1.29 is 18.8 Å². The zero-order valence-electron chi connectivity index (χ0n) is 22.7. The smallest absolute Gasteiger partial charge is 0.272 e. The molecule has 1 heterocycles. The van der Waals surface area contributed by atoms with E-state index in [0.717, 1.165) is 14.0 Å². The first kappa shape index (κ1) is 29.9. The molecular formula is C34H26IN3O4S. The third kappa shape index (κ3) is 8.46. The van der Waals surface area contributed by atoms with Crippen molar-refractivity contribution in [2.24, 2.45) is 0 Å². The second-order valence-corrected chi connectivity index (χ2v) is 11.7. The summed E-state index contributed by atoms with van der Waals surface area (Å²) in [6.07, 6.45) is 2.95. The number of thioether (sulfide) groups is 1. The first-order chi connectivity index (χ1) is 20.9. The van der Waals surface area contributed by atoms with Gasteiger partial charge in [0.05, 0.1) is 6.26 Å². The van der Waals surface area contributed by atoms with Gasteiger partial charge >= 0.3 is 0 Å². The number of halogens is 1. The van der Waals surface area contributed by atoms with Crippen molar-refractivity contribution in [3.8, 4) is 0 Å². The van der Waals surface area contributed by atoms with E-state index in [1.165, 1.54) is 24.1 Å². The summed E-state index contributed by atoms with van der Waals surface area (Å²) >= 11 is 3.59. The zero-order chi connectivity index (χ0) is 30.0. The highest BCUT2D eigenvalue weighted by atomic mass is 127. The van der Waals surface area contributed by atoms with Gasteiger partial charge in [0.2, 0.25) is 5.91 Å². The lowest BCUT2D eigenvalue weighted by molar-refractivity contribution is -0.116. The number of carbonyl (C=O) groups excluding carboxylic acids is 3. The van der Waals surface area contributed by atoms with Gasteiger partial charge in [0, 0.05) is 31.5 Å². The summed E-state index contributed by atoms with van der Waals surface area (Å²) in [5, 5.41) is 8.02. The van der Waals surface area contributed by atoms with E-state index in [1.54, 1.807) is 54.6 Å². The van der Waals surface area contributed by atoms with E-state index in [9.17, 15) is 14.4 Å². The maximum atomic E-state index is 13.5. The Bertz CT molecular complexity index is 1730. The Morgan fingerprint density at radius 1 is 0.744 bits per heavy atom. The molecular weight excluding hydrogens is 673 g/mol. The average Bonchev–Trinajstić information content (AvgIpc) is 3.55. The number of furan rings is 1. The molecule has 0 aliphatic carbocycles. The fourth-order valence-electron chi connectivity index (χ4n) is 4.08. The maximum absolute atomic E-state index is 13.5. The van der Waals surface area contributed by atoms with Crippen molar-refractivity contribution in [1.82, 2.24) is 5.32 Å². The summed E-state index contributed by atoms with van der Waals surface area (Å²) in [6, 6.07) is 36.4. The lowest BCUT2D eigenvalue weighted by Crippen LogP contribution is -2.30. The van der Waals surface area contributed by atoms with Crippen molar-refractivity contribution >= 4 is 69.5 Å². The molecule has 0 saturated carbocycles. The molecule has 4 aromatic carbocycles. The molecule has 9 heteroatoms. The van der Waals surface area contributed by atoms with E-state index in [0.29, 0.717) is 22.7 Å². The molecule has 0 radical (unpaired) electrons. The van der Waals surface area contributed by atoms with Gasteiger partial charge in [0.25, 0.3) is 11.8 Å². The lowest BCUT2D eigenvalue weighted by atomic mass is 10.1. The molecule has 0 spiro atoms. The molecule has 3 N–H and O–H groups in total. The Kier molecular flexibility index (Phi) is 10.1. The topological polar surface area (TPSA) is 100 Å². The summed E-state index contributed by atoms with van der Waals surface area (Å²) in [7, 11) is 0. The Hall–Kier alpha value is -4.61. The fraction of sp³-hybridized carbons (Fsp3) is 0.0294. The van der Waals surface area contributed by atoms with Crippen LogP contribution in [-0.4, -0.2) is 17.7 Å². The van der Waals surface area contributed by atoms with Crippen molar-refractivity contribution in [2.75, 3.05) is 10.6 Å². The molecule has 5 rings (SSSR count). The van der Waals surface area contributed by atoms with Gasteiger partial charge in [0.1, 0.15) is 16.7 Å². The minimum atomic E-state index is -0.550. The lowest BCUT2D eigenvalue weighted by Gasteiger charge is -2.18. The fourth-order valence-corrected chi connectivity index (χ4v) is 5.52. The Balaban J connectivity index is 1.35. The van der Waals surface area contributed by atoms with Crippen LogP contribution < -0.4 is 16.0 Å². The van der Waals surface area contributed by atoms with E-state index < -0.39 is 17.1 Å². The number of hydrogen-bond acceptors (Lipinski definition) is 5. The largest absolute Gasteiger partial charge is 0.465 e. The van der Waals surface area contributed by atoms with Gasteiger partial charge in [-0.05, 0) is 94.9 Å². The molecule has 43 heavy (non-hydrogen) atoms. The van der Waals surface area contributed by atoms with Gasteiger partial charge in [-0.25, -0.2) is 0 Å². The van der Waals surface area contributed by atoms with Crippen LogP contribution in [0.5, 0.6) is 0 Å². The second kappa shape index (κ2) is 14.5. The van der Waals surface area contributed by atoms with E-state index in [4.69, 9.17) is 4.42 Å². The molecule has 1 atom stereocenters. The van der Waals surface area contributed by atoms with Gasteiger partial charge in [-0.3, -0.25) is 14.4 Å². The van der Waals surface area contributed by atoms with Gasteiger partial charge in [-0.15, -0.1) is 11.8 Å². The van der Waals surface area contributed by atoms with E-state index in [-0.39, 0.29) is 11.6 Å². The third-order valence-corrected chi connectivity index (χ3v) is 8.12. The molecule has 1 aromatic heterocycles. The van der Waals surface area contributed by atoms with Crippen molar-refractivity contribution in [3.63, 3.8) is 0 Å². The SMILES string of the molecule is O=C(Nc1cccc(SC(C(=O)Nc2ccc(I)cc2)c2ccccc2)c1)/C(=C/c1ccco1)NC(=O)c1ccccc1. The first-order valence-electron chi connectivity index (χ1n) is 13.3. The van der Waals surface area contributed by atoms with Gasteiger partial charge in [-0.2, -0.15) is 0 Å². The van der Waals surface area contributed by atoms with Crippen LogP contribution in [0.25, 0.3) is 6.08 Å². The van der Waals surface area contributed by atoms with E-state index in [1.807, 2.05) is 66.7 Å². The predicted octanol–water partition coefficient (Wildman–Crippen LogP) is 7.77. The van der Waals surface area contributed by atoms with Crippen LogP contribution >= 0.6 is 34.4 Å². The third-order valence-electron chi connectivity index (χ3n) is 6.16. The van der Waals surface area contributed by atoms with E-state index >= 15 is 0 Å². The molecule has 3 amide bonds. The maximum Gasteiger partial charge on any atom is 0.272 e. The average molecular weight is 700 g/mol. The highest BCUT2D eigenvalue weighted by Crippen LogP contribution is 2.37. The standard InChI is InChI=1S/C34H26IN3O4S/c35-25-16-18-26(19-17-25)36-34(41)31(23-9-3-1-4-10-23)43-29-15-7-13-27(21-29)37-33(40)30(22-28-14-8-20-42-28)38-32(39)24-11-5-2-6-12-24/h1-22,31H,(H,36,41)(H,37,40)(H,38,39)/b30-22-. The normalized spacial score (nSPS) is 11.8. The van der Waals surface area contributed by atoms with Crippen molar-refractivity contribution in [3.05, 3.63) is 154 Å². The Labute approximate surface area is 266 Å². The summed E-state index contributed by atoms with van der Waals surface area (Å²) < 4.78 is 6.45. The zero-order valence-corrected chi connectivity index (χ0v) is 25.7. The quantitative estimate of drug-likeness (QED) is 0.0786. The number of benzene rings is 4. The summed E-state index contributed by atoms with van der Waals surface area (Å²) in [5.41, 5.74) is 2.48. The first-order valence-corrected chi connectivity index (χ1v) is 15.2. The van der Waals surface area contributed by atoms with Crippen LogP contribution in [0, 0.1) is 3.57 Å². The molecule has 0 saturated heterocycles. The number of anilines is 2. The highest BCUT2D eigenvalue weighted by Gasteiger charge is 2.23. The molecule has 0 aliphatic heterocycles. The molecule has 5 aromatic rings. The monoisotopic (exact) mass is 699 g/mol. The highest BCUT2D eigenvalue weighted by molar-refractivity contribution is 14.1. The van der Waals surface area contributed by atoms with Crippen molar-refractivity contribution in [2.45, 2.75) is 10.1 Å².